The van der Waals surface area contributed by atoms with Crippen molar-refractivity contribution in [2.75, 3.05) is 44.4 Å². The molecule has 2 fully saturated rings. The number of hydrogen-bond donors (Lipinski definition) is 1. The molecule has 20 heavy (non-hydrogen) atoms. The molecular formula is C15H24N2O2S. The van der Waals surface area contributed by atoms with Gasteiger partial charge in [0.1, 0.15) is 11.5 Å². The van der Waals surface area contributed by atoms with Crippen molar-refractivity contribution in [3.63, 3.8) is 0 Å². The van der Waals surface area contributed by atoms with E-state index in [2.05, 4.69) is 28.0 Å². The second-order valence-corrected chi connectivity index (χ2v) is 6.85. The quantitative estimate of drug-likeness (QED) is 0.898. The van der Waals surface area contributed by atoms with Gasteiger partial charge in [0, 0.05) is 30.9 Å². The Kier molecular flexibility index (Phi) is 4.71. The van der Waals surface area contributed by atoms with Gasteiger partial charge in [-0.1, -0.05) is 0 Å². The SMILES string of the molecule is Cc1ccc(CNCC2(N3CCOCC3)CCSC2)o1. The third-order valence-electron chi connectivity index (χ3n) is 4.31. The summed E-state index contributed by atoms with van der Waals surface area (Å²) in [7, 11) is 0. The third-order valence-corrected chi connectivity index (χ3v) is 5.55. The number of thioether (sulfide) groups is 1. The van der Waals surface area contributed by atoms with Crippen LogP contribution in [-0.2, 0) is 11.3 Å². The van der Waals surface area contributed by atoms with E-state index < -0.39 is 0 Å². The van der Waals surface area contributed by atoms with Crippen LogP contribution in [0.2, 0.25) is 0 Å². The molecule has 2 aliphatic heterocycles. The van der Waals surface area contributed by atoms with Crippen LogP contribution >= 0.6 is 11.8 Å². The maximum absolute atomic E-state index is 5.63. The molecule has 1 aromatic rings. The first-order valence-corrected chi connectivity index (χ1v) is 8.61. The molecule has 1 aromatic heterocycles. The number of nitrogens with one attached hydrogen (secondary N) is 1. The van der Waals surface area contributed by atoms with Gasteiger partial charge in [-0.15, -0.1) is 0 Å². The molecule has 0 saturated carbocycles. The van der Waals surface area contributed by atoms with Crippen molar-refractivity contribution in [3.8, 4) is 0 Å². The smallest absolute Gasteiger partial charge is 0.117 e. The van der Waals surface area contributed by atoms with E-state index in [9.17, 15) is 0 Å². The molecule has 3 heterocycles. The standard InChI is InChI=1S/C15H24N2O2S/c1-13-2-3-14(19-13)10-16-11-15(4-9-20-12-15)17-5-7-18-8-6-17/h2-3,16H,4-12H2,1H3. The molecule has 0 radical (unpaired) electrons. The molecule has 1 unspecified atom stereocenters. The minimum Gasteiger partial charge on any atom is -0.465 e. The number of furan rings is 1. The monoisotopic (exact) mass is 296 g/mol. The van der Waals surface area contributed by atoms with Crippen LogP contribution in [-0.4, -0.2) is 54.8 Å². The van der Waals surface area contributed by atoms with Crippen molar-refractivity contribution in [3.05, 3.63) is 23.7 Å². The van der Waals surface area contributed by atoms with Gasteiger partial charge in [-0.3, -0.25) is 4.90 Å². The fourth-order valence-corrected chi connectivity index (χ4v) is 4.61. The minimum absolute atomic E-state index is 0.316. The summed E-state index contributed by atoms with van der Waals surface area (Å²) >= 11 is 2.08. The minimum atomic E-state index is 0.316. The summed E-state index contributed by atoms with van der Waals surface area (Å²) in [6.45, 7) is 7.76. The number of morpholine rings is 1. The summed E-state index contributed by atoms with van der Waals surface area (Å²) in [6, 6.07) is 4.09. The van der Waals surface area contributed by atoms with Crippen LogP contribution in [0.3, 0.4) is 0 Å². The molecule has 112 valence electrons. The number of nitrogens with zero attached hydrogens (tertiary/aromatic N) is 1. The van der Waals surface area contributed by atoms with Crippen molar-refractivity contribution in [1.82, 2.24) is 10.2 Å². The van der Waals surface area contributed by atoms with E-state index in [4.69, 9.17) is 9.15 Å². The van der Waals surface area contributed by atoms with Crippen molar-refractivity contribution in [1.29, 1.82) is 0 Å². The molecule has 0 amide bonds. The summed E-state index contributed by atoms with van der Waals surface area (Å²) in [6.07, 6.45) is 1.28. The van der Waals surface area contributed by atoms with Crippen LogP contribution < -0.4 is 5.32 Å². The fraction of sp³-hybridized carbons (Fsp3) is 0.733. The summed E-state index contributed by atoms with van der Waals surface area (Å²) < 4.78 is 11.1. The van der Waals surface area contributed by atoms with Crippen LogP contribution in [0.25, 0.3) is 0 Å². The molecule has 0 spiro atoms. The van der Waals surface area contributed by atoms with Crippen LogP contribution in [0.1, 0.15) is 17.9 Å². The summed E-state index contributed by atoms with van der Waals surface area (Å²) in [5, 5.41) is 3.61. The van der Waals surface area contributed by atoms with E-state index in [-0.39, 0.29) is 0 Å². The lowest BCUT2D eigenvalue weighted by atomic mass is 9.95. The third kappa shape index (κ3) is 3.22. The number of rotatable bonds is 5. The average Bonchev–Trinajstić information content (AvgIpc) is 3.10. The van der Waals surface area contributed by atoms with E-state index >= 15 is 0 Å². The van der Waals surface area contributed by atoms with Crippen LogP contribution in [0.5, 0.6) is 0 Å². The average molecular weight is 296 g/mol. The van der Waals surface area contributed by atoms with Crippen molar-refractivity contribution < 1.29 is 9.15 Å². The molecule has 4 nitrogen and oxygen atoms in total. The topological polar surface area (TPSA) is 37.6 Å². The summed E-state index contributed by atoms with van der Waals surface area (Å²) in [5.74, 6) is 4.53. The van der Waals surface area contributed by atoms with Crippen molar-refractivity contribution >= 4 is 11.8 Å². The lowest BCUT2D eigenvalue weighted by Gasteiger charge is -2.43. The van der Waals surface area contributed by atoms with Gasteiger partial charge in [-0.05, 0) is 31.2 Å². The van der Waals surface area contributed by atoms with E-state index in [1.165, 1.54) is 17.9 Å². The van der Waals surface area contributed by atoms with E-state index in [1.54, 1.807) is 0 Å². The van der Waals surface area contributed by atoms with Gasteiger partial charge >= 0.3 is 0 Å². The lowest BCUT2D eigenvalue weighted by molar-refractivity contribution is -0.0135. The number of ether oxygens (including phenoxy) is 1. The Balaban J connectivity index is 1.56. The van der Waals surface area contributed by atoms with Crippen molar-refractivity contribution in [2.24, 2.45) is 0 Å². The molecule has 0 aliphatic carbocycles. The van der Waals surface area contributed by atoms with Gasteiger partial charge in [0.25, 0.3) is 0 Å². The molecule has 2 aliphatic rings. The highest BCUT2D eigenvalue weighted by atomic mass is 32.2. The number of aryl methyl sites for hydroxylation is 1. The molecule has 1 atom stereocenters. The zero-order valence-corrected chi connectivity index (χ0v) is 13.0. The lowest BCUT2D eigenvalue weighted by Crippen LogP contribution is -2.58. The highest BCUT2D eigenvalue weighted by Crippen LogP contribution is 2.33. The van der Waals surface area contributed by atoms with Crippen molar-refractivity contribution in [2.45, 2.75) is 25.4 Å². The maximum Gasteiger partial charge on any atom is 0.117 e. The van der Waals surface area contributed by atoms with Gasteiger partial charge in [-0.25, -0.2) is 0 Å². The normalized spacial score (nSPS) is 28.1. The molecule has 2 saturated heterocycles. The van der Waals surface area contributed by atoms with Crippen LogP contribution in [0, 0.1) is 6.92 Å². The molecule has 0 aromatic carbocycles. The Morgan fingerprint density at radius 2 is 2.20 bits per heavy atom. The van der Waals surface area contributed by atoms with Gasteiger partial charge in [-0.2, -0.15) is 11.8 Å². The maximum atomic E-state index is 5.63. The molecule has 1 N–H and O–H groups in total. The van der Waals surface area contributed by atoms with E-state index in [1.807, 2.05) is 13.0 Å². The molecular weight excluding hydrogens is 272 g/mol. The Morgan fingerprint density at radius 3 is 2.85 bits per heavy atom. The second kappa shape index (κ2) is 6.52. The highest BCUT2D eigenvalue weighted by molar-refractivity contribution is 7.99. The Bertz CT molecular complexity index is 423. The van der Waals surface area contributed by atoms with Gasteiger partial charge in [0.2, 0.25) is 0 Å². The summed E-state index contributed by atoms with van der Waals surface area (Å²) in [4.78, 5) is 2.64. The Morgan fingerprint density at radius 1 is 1.35 bits per heavy atom. The largest absolute Gasteiger partial charge is 0.465 e. The predicted octanol–water partition coefficient (Wildman–Crippen LogP) is 1.89. The predicted molar refractivity (Wildman–Crippen MR) is 82.2 cm³/mol. The van der Waals surface area contributed by atoms with Crippen LogP contribution in [0.4, 0.5) is 0 Å². The van der Waals surface area contributed by atoms with Crippen LogP contribution in [0.15, 0.2) is 16.5 Å². The van der Waals surface area contributed by atoms with Gasteiger partial charge in [0.15, 0.2) is 0 Å². The zero-order valence-electron chi connectivity index (χ0n) is 12.2. The summed E-state index contributed by atoms with van der Waals surface area (Å²) in [5.41, 5.74) is 0.316. The van der Waals surface area contributed by atoms with Gasteiger partial charge in [0.05, 0.1) is 19.8 Å². The molecule has 0 bridgehead atoms. The highest BCUT2D eigenvalue weighted by Gasteiger charge is 2.40. The second-order valence-electron chi connectivity index (χ2n) is 5.74. The van der Waals surface area contributed by atoms with Gasteiger partial charge < -0.3 is 14.5 Å². The molecule has 5 heteroatoms. The fourth-order valence-electron chi connectivity index (χ4n) is 3.13. The first-order chi connectivity index (χ1) is 9.78. The van der Waals surface area contributed by atoms with E-state index in [0.717, 1.165) is 50.9 Å². The molecule has 3 rings (SSSR count). The Hall–Kier alpha value is -0.490. The Labute approximate surface area is 125 Å². The first-order valence-electron chi connectivity index (χ1n) is 7.45. The number of hydrogen-bond acceptors (Lipinski definition) is 5. The zero-order chi connectivity index (χ0) is 13.8. The first kappa shape index (κ1) is 14.4. The van der Waals surface area contributed by atoms with E-state index in [0.29, 0.717) is 5.54 Å².